The van der Waals surface area contributed by atoms with Crippen molar-refractivity contribution in [2.24, 2.45) is 0 Å². The monoisotopic (exact) mass is 476 g/mol. The number of benzene rings is 2. The molecule has 0 saturated heterocycles. The minimum Gasteiger partial charge on any atom is -0.380 e. The fourth-order valence-corrected chi connectivity index (χ4v) is 3.48. The number of ether oxygens (including phenoxy) is 1. The normalized spacial score (nSPS) is 12.3. The Labute approximate surface area is 178 Å². The molecule has 0 N–H and O–H groups in total. The fraction of sp³-hybridized carbons (Fsp3) is 0.250. The van der Waals surface area contributed by atoms with Crippen LogP contribution in [0.15, 0.2) is 53.4 Å². The van der Waals surface area contributed by atoms with E-state index in [1.807, 2.05) is 0 Å². The summed E-state index contributed by atoms with van der Waals surface area (Å²) in [6.07, 6.45) is 0. The third-order valence-electron chi connectivity index (χ3n) is 3.38. The largest absolute Gasteiger partial charge is 0.380 e. The predicted octanol–water partition coefficient (Wildman–Crippen LogP) is 1.90. The highest BCUT2D eigenvalue weighted by atomic mass is 32.2. The smallest absolute Gasteiger partial charge is 0.360 e. The average molecular weight is 476 g/mol. The molecule has 0 spiro atoms. The zero-order valence-electron chi connectivity index (χ0n) is 15.6. The minimum atomic E-state index is -4.20. The van der Waals surface area contributed by atoms with Crippen LogP contribution in [0.25, 0.3) is 0 Å². The van der Waals surface area contributed by atoms with Gasteiger partial charge < -0.3 is 8.92 Å². The van der Waals surface area contributed by atoms with Gasteiger partial charge in [-0.3, -0.25) is 28.6 Å². The number of hydrogen-bond acceptors (Lipinski definition) is 11. The number of rotatable bonds is 13. The molecule has 0 fully saturated rings. The second kappa shape index (κ2) is 11.4. The Morgan fingerprint density at radius 2 is 1.48 bits per heavy atom. The minimum absolute atomic E-state index is 0.0202. The van der Waals surface area contributed by atoms with Gasteiger partial charge in [0, 0.05) is 18.2 Å². The van der Waals surface area contributed by atoms with Gasteiger partial charge in [0.2, 0.25) is 0 Å². The quantitative estimate of drug-likeness (QED) is 0.179. The molecule has 2 aromatic carbocycles. The van der Waals surface area contributed by atoms with Crippen LogP contribution in [0.4, 0.5) is 11.4 Å². The lowest BCUT2D eigenvalue weighted by atomic mass is 10.3. The van der Waals surface area contributed by atoms with Crippen molar-refractivity contribution in [2.75, 3.05) is 26.4 Å². The van der Waals surface area contributed by atoms with Crippen molar-refractivity contribution < 1.29 is 39.8 Å². The van der Waals surface area contributed by atoms with Gasteiger partial charge in [0.1, 0.15) is 10.6 Å². The Balaban J connectivity index is 1.66. The maximum Gasteiger partial charge on any atom is 0.360 e. The number of nitro benzene ring substituents is 2. The Hall–Kier alpha value is -2.98. The predicted molar refractivity (Wildman–Crippen MR) is 105 cm³/mol. The number of nitrogens with zero attached hydrogens (tertiary/aromatic N) is 2. The van der Waals surface area contributed by atoms with Gasteiger partial charge >= 0.3 is 11.4 Å². The standard InChI is InChI=1S/C16H16N2O11S2/c19-17(20)13-3-1-5-15(11-13)29-30(23)27-9-7-26-8-10-28-31(24,25)16-6-2-4-14(12-16)18(21)22/h1-6,11-12H,7-10H2. The van der Waals surface area contributed by atoms with Gasteiger partial charge in [-0.1, -0.05) is 12.1 Å². The molecule has 2 rings (SSSR count). The molecule has 2 aromatic rings. The molecular formula is C16H16N2O11S2. The Morgan fingerprint density at radius 3 is 2.16 bits per heavy atom. The molecule has 0 aliphatic heterocycles. The van der Waals surface area contributed by atoms with Crippen molar-refractivity contribution in [3.63, 3.8) is 0 Å². The second-order valence-corrected chi connectivity index (χ2v) is 7.93. The van der Waals surface area contributed by atoms with Gasteiger partial charge in [0.15, 0.2) is 0 Å². The summed E-state index contributed by atoms with van der Waals surface area (Å²) in [5.41, 5.74) is -0.628. The molecule has 0 aliphatic rings. The van der Waals surface area contributed by atoms with E-state index in [2.05, 4.69) is 0 Å². The molecule has 0 saturated carbocycles. The summed E-state index contributed by atoms with van der Waals surface area (Å²) in [5.74, 6) is -0.0202. The van der Waals surface area contributed by atoms with Crippen LogP contribution in [0.2, 0.25) is 0 Å². The molecule has 168 valence electrons. The molecule has 0 aliphatic carbocycles. The Morgan fingerprint density at radius 1 is 0.871 bits per heavy atom. The molecule has 1 unspecified atom stereocenters. The van der Waals surface area contributed by atoms with Crippen molar-refractivity contribution in [2.45, 2.75) is 4.90 Å². The zero-order valence-corrected chi connectivity index (χ0v) is 17.3. The molecule has 15 heteroatoms. The van der Waals surface area contributed by atoms with E-state index < -0.39 is 37.0 Å². The Kier molecular flexibility index (Phi) is 8.95. The van der Waals surface area contributed by atoms with Crippen LogP contribution in [-0.4, -0.2) is 48.9 Å². The lowest BCUT2D eigenvalue weighted by Crippen LogP contribution is -2.15. The van der Waals surface area contributed by atoms with Crippen molar-refractivity contribution >= 4 is 32.9 Å². The highest BCUT2D eigenvalue weighted by molar-refractivity contribution is 7.86. The van der Waals surface area contributed by atoms with Crippen LogP contribution in [-0.2, 0) is 34.6 Å². The van der Waals surface area contributed by atoms with Crippen molar-refractivity contribution in [1.82, 2.24) is 0 Å². The van der Waals surface area contributed by atoms with E-state index >= 15 is 0 Å². The zero-order chi connectivity index (χ0) is 22.9. The van der Waals surface area contributed by atoms with Gasteiger partial charge in [-0.2, -0.15) is 12.6 Å². The molecule has 0 bridgehead atoms. The molecule has 13 nitrogen and oxygen atoms in total. The number of nitro groups is 2. The molecule has 1 atom stereocenters. The van der Waals surface area contributed by atoms with E-state index in [9.17, 15) is 32.9 Å². The first-order valence-electron chi connectivity index (χ1n) is 8.38. The fourth-order valence-electron chi connectivity index (χ4n) is 2.04. The maximum atomic E-state index is 12.0. The molecule has 31 heavy (non-hydrogen) atoms. The van der Waals surface area contributed by atoms with Crippen molar-refractivity contribution in [3.05, 3.63) is 68.8 Å². The van der Waals surface area contributed by atoms with Gasteiger partial charge in [0.25, 0.3) is 21.5 Å². The van der Waals surface area contributed by atoms with Crippen LogP contribution in [0.5, 0.6) is 5.75 Å². The van der Waals surface area contributed by atoms with Crippen LogP contribution in [0.1, 0.15) is 0 Å². The highest BCUT2D eigenvalue weighted by Gasteiger charge is 2.18. The second-order valence-electron chi connectivity index (χ2n) is 5.51. The molecular weight excluding hydrogens is 460 g/mol. The molecule has 0 amide bonds. The van der Waals surface area contributed by atoms with Crippen LogP contribution in [0.3, 0.4) is 0 Å². The third kappa shape index (κ3) is 7.99. The van der Waals surface area contributed by atoms with Crippen LogP contribution >= 0.6 is 0 Å². The number of hydrogen-bond donors (Lipinski definition) is 0. The van der Waals surface area contributed by atoms with Gasteiger partial charge in [-0.15, -0.1) is 0 Å². The topological polar surface area (TPSA) is 174 Å². The first-order chi connectivity index (χ1) is 14.7. The summed E-state index contributed by atoms with van der Waals surface area (Å²) >= 11 is -2.23. The molecule has 0 aromatic heterocycles. The molecule has 0 radical (unpaired) electrons. The van der Waals surface area contributed by atoms with Gasteiger partial charge in [-0.25, -0.2) is 0 Å². The van der Waals surface area contributed by atoms with E-state index in [0.717, 1.165) is 24.3 Å². The summed E-state index contributed by atoms with van der Waals surface area (Å²) < 4.78 is 55.2. The van der Waals surface area contributed by atoms with E-state index in [4.69, 9.17) is 17.3 Å². The summed E-state index contributed by atoms with van der Waals surface area (Å²) in [7, 11) is -4.20. The van der Waals surface area contributed by atoms with Gasteiger partial charge in [0.05, 0.1) is 42.3 Å². The van der Waals surface area contributed by atoms with Crippen LogP contribution in [0, 0.1) is 20.2 Å². The highest BCUT2D eigenvalue weighted by Crippen LogP contribution is 2.20. The van der Waals surface area contributed by atoms with Crippen molar-refractivity contribution in [1.29, 1.82) is 0 Å². The summed E-state index contributed by atoms with van der Waals surface area (Å²) in [6, 6.07) is 9.45. The van der Waals surface area contributed by atoms with Gasteiger partial charge in [-0.05, 0) is 12.1 Å². The third-order valence-corrected chi connectivity index (χ3v) is 5.38. The first-order valence-corrected chi connectivity index (χ1v) is 10.8. The van der Waals surface area contributed by atoms with E-state index in [1.165, 1.54) is 24.3 Å². The summed E-state index contributed by atoms with van der Waals surface area (Å²) in [6.45, 7) is -0.780. The van der Waals surface area contributed by atoms with E-state index in [1.54, 1.807) is 0 Å². The Bertz CT molecular complexity index is 1060. The number of non-ortho nitro benzene ring substituents is 2. The average Bonchev–Trinajstić information content (AvgIpc) is 2.73. The van der Waals surface area contributed by atoms with E-state index in [-0.39, 0.29) is 42.8 Å². The van der Waals surface area contributed by atoms with E-state index in [0.29, 0.717) is 0 Å². The summed E-state index contributed by atoms with van der Waals surface area (Å²) in [4.78, 5) is 19.7. The SMILES string of the molecule is O=[N+]([O-])c1cccc(OS(=O)OCCOCCOS(=O)(=O)c2cccc([N+](=O)[O-])c2)c1. The van der Waals surface area contributed by atoms with Crippen LogP contribution < -0.4 is 4.18 Å². The summed E-state index contributed by atoms with van der Waals surface area (Å²) in [5, 5.41) is 21.4. The lowest BCUT2D eigenvalue weighted by Gasteiger charge is -2.07. The van der Waals surface area contributed by atoms with Crippen molar-refractivity contribution in [3.8, 4) is 5.75 Å². The first kappa shape index (κ1) is 24.3. The molecule has 0 heterocycles. The maximum absolute atomic E-state index is 12.0. The lowest BCUT2D eigenvalue weighted by molar-refractivity contribution is -0.385.